The Bertz CT molecular complexity index is 2090. The van der Waals surface area contributed by atoms with E-state index in [2.05, 4.69) is 99.2 Å². The van der Waals surface area contributed by atoms with Gasteiger partial charge in [-0.3, -0.25) is 0 Å². The fourth-order valence-electron chi connectivity index (χ4n) is 6.06. The summed E-state index contributed by atoms with van der Waals surface area (Å²) in [5.41, 5.74) is 8.40. The number of aromatic nitrogens is 4. The summed E-state index contributed by atoms with van der Waals surface area (Å²) in [5.74, 6) is 3.30. The Morgan fingerprint density at radius 2 is 1.08 bits per heavy atom. The van der Waals surface area contributed by atoms with Gasteiger partial charge >= 0.3 is 0 Å². The van der Waals surface area contributed by atoms with E-state index in [4.69, 9.17) is 9.97 Å². The van der Waals surface area contributed by atoms with Crippen LogP contribution in [0.5, 0.6) is 0 Å². The molecule has 2 aromatic heterocycles. The van der Waals surface area contributed by atoms with Gasteiger partial charge in [0.25, 0.3) is 0 Å². The standard InChI is InChI=1S/C21H14N4.C21H20N4.Ir/c1-3-9-16(10-4-1)24-15-25(17-11-5-2-6-12-17)21-20(24)22-18-13-7-8-14-19(18)23-21;1-3-16-7-5-9-18(13-16)24-15-25(21-20(24)22-11-12-23-21)19-10-6-8-17(4-2)14-19;/h1-11,13-15H;5-9,11-15H,3-4H2,1-2H3;/q2*-2;. The van der Waals surface area contributed by atoms with Gasteiger partial charge in [-0.2, -0.15) is 54.1 Å². The fraction of sp³-hybridized carbons (Fsp3) is 0.0952. The number of nitrogens with zero attached hydrogens (tertiary/aromatic N) is 8. The number of fused-ring (bicyclic) bond motifs is 3. The number of anilines is 8. The molecule has 255 valence electrons. The van der Waals surface area contributed by atoms with E-state index in [0.717, 1.165) is 69.9 Å². The van der Waals surface area contributed by atoms with Crippen LogP contribution in [0.1, 0.15) is 25.0 Å². The number of para-hydroxylation sites is 4. The van der Waals surface area contributed by atoms with Crippen LogP contribution < -0.4 is 19.6 Å². The monoisotopic (exact) mass is 843 g/mol. The molecule has 0 atom stereocenters. The zero-order chi connectivity index (χ0) is 33.9. The molecule has 0 saturated heterocycles. The molecular weight excluding hydrogens is 809 g/mol. The molecular formula is C42H34IrN8-4. The number of hydrogen-bond acceptors (Lipinski definition) is 8. The predicted molar refractivity (Wildman–Crippen MR) is 201 cm³/mol. The minimum Gasteiger partial charge on any atom is -0.477 e. The molecule has 0 bridgehead atoms. The second kappa shape index (κ2) is 15.1. The van der Waals surface area contributed by atoms with Gasteiger partial charge in [-0.25, -0.2) is 19.9 Å². The molecule has 0 saturated carbocycles. The van der Waals surface area contributed by atoms with Crippen molar-refractivity contribution in [1.29, 1.82) is 0 Å². The summed E-state index contributed by atoms with van der Waals surface area (Å²) in [4.78, 5) is 27.1. The van der Waals surface area contributed by atoms with Crippen LogP contribution in [-0.4, -0.2) is 19.9 Å². The molecule has 5 aromatic carbocycles. The summed E-state index contributed by atoms with van der Waals surface area (Å²) in [5, 5.41) is 0. The molecule has 0 unspecified atom stereocenters. The number of rotatable bonds is 6. The first kappa shape index (κ1) is 33.8. The summed E-state index contributed by atoms with van der Waals surface area (Å²) >= 11 is 0. The Labute approximate surface area is 312 Å². The average molecular weight is 843 g/mol. The molecule has 4 heterocycles. The van der Waals surface area contributed by atoms with Gasteiger partial charge in [0, 0.05) is 43.9 Å². The Morgan fingerprint density at radius 1 is 0.510 bits per heavy atom. The van der Waals surface area contributed by atoms with E-state index in [1.54, 1.807) is 12.4 Å². The van der Waals surface area contributed by atoms with Gasteiger partial charge in [0.15, 0.2) is 0 Å². The molecule has 1 radical (unpaired) electrons. The van der Waals surface area contributed by atoms with Crippen molar-refractivity contribution in [3.8, 4) is 0 Å². The second-order valence-corrected chi connectivity index (χ2v) is 11.8. The van der Waals surface area contributed by atoms with Crippen LogP contribution in [0.15, 0.2) is 134 Å². The topological polar surface area (TPSA) is 64.5 Å². The van der Waals surface area contributed by atoms with Crippen LogP contribution >= 0.6 is 0 Å². The van der Waals surface area contributed by atoms with E-state index >= 15 is 0 Å². The average Bonchev–Trinajstić information content (AvgIpc) is 3.77. The van der Waals surface area contributed by atoms with E-state index in [1.807, 2.05) is 91.0 Å². The van der Waals surface area contributed by atoms with Crippen molar-refractivity contribution in [1.82, 2.24) is 19.9 Å². The Balaban J connectivity index is 0.000000156. The number of benzene rings is 5. The molecule has 0 amide bonds. The predicted octanol–water partition coefficient (Wildman–Crippen LogP) is 9.65. The summed E-state index contributed by atoms with van der Waals surface area (Å²) in [6.07, 6.45) is 5.46. The first-order valence-corrected chi connectivity index (χ1v) is 16.8. The third kappa shape index (κ3) is 6.78. The van der Waals surface area contributed by atoms with E-state index < -0.39 is 0 Å². The van der Waals surface area contributed by atoms with Gasteiger partial charge in [0.2, 0.25) is 0 Å². The molecule has 9 heteroatoms. The minimum atomic E-state index is 0. The summed E-state index contributed by atoms with van der Waals surface area (Å²) in [6.45, 7) is 8.39. The van der Waals surface area contributed by atoms with Gasteiger partial charge in [-0.15, -0.1) is 30.8 Å². The van der Waals surface area contributed by atoms with Crippen LogP contribution in [0.3, 0.4) is 0 Å². The maximum absolute atomic E-state index is 4.87. The first-order valence-electron chi connectivity index (χ1n) is 16.8. The van der Waals surface area contributed by atoms with Crippen molar-refractivity contribution in [3.63, 3.8) is 0 Å². The molecule has 0 N–H and O–H groups in total. The fourth-order valence-corrected chi connectivity index (χ4v) is 6.06. The Morgan fingerprint density at radius 3 is 1.76 bits per heavy atom. The van der Waals surface area contributed by atoms with Crippen LogP contribution in [0.4, 0.5) is 46.0 Å². The van der Waals surface area contributed by atoms with E-state index in [-0.39, 0.29) is 20.1 Å². The summed E-state index contributed by atoms with van der Waals surface area (Å²) < 4.78 is 0. The minimum absolute atomic E-state index is 0. The SMILES string of the molecule is CCc1cc[c-]c(N2[CH-]N(c3cccc(CC)c3)c3nccnc32)c1.[Ir].[c-]1ccccc1N1[CH-]N(c2ccccc2)c2nc3ccccc3nc21. The van der Waals surface area contributed by atoms with Crippen LogP contribution in [-0.2, 0) is 32.9 Å². The maximum atomic E-state index is 4.87. The molecule has 2 aliphatic rings. The van der Waals surface area contributed by atoms with Crippen molar-refractivity contribution >= 4 is 57.1 Å². The maximum Gasteiger partial charge on any atom is 0.146 e. The summed E-state index contributed by atoms with van der Waals surface area (Å²) in [7, 11) is 0. The second-order valence-electron chi connectivity index (χ2n) is 11.8. The van der Waals surface area contributed by atoms with E-state index in [1.165, 1.54) is 11.1 Å². The van der Waals surface area contributed by atoms with Gasteiger partial charge in [-0.1, -0.05) is 62.7 Å². The number of aryl methyl sites for hydroxylation is 2. The third-order valence-corrected chi connectivity index (χ3v) is 8.67. The normalized spacial score (nSPS) is 13.0. The van der Waals surface area contributed by atoms with Crippen LogP contribution in [0, 0.1) is 25.5 Å². The van der Waals surface area contributed by atoms with E-state index in [0.29, 0.717) is 0 Å². The van der Waals surface area contributed by atoms with Crippen molar-refractivity contribution in [3.05, 3.63) is 170 Å². The molecule has 9 rings (SSSR count). The quantitative estimate of drug-likeness (QED) is 0.154. The number of hydrogen-bond donors (Lipinski definition) is 0. The molecule has 0 fully saturated rings. The van der Waals surface area contributed by atoms with Crippen molar-refractivity contribution in [2.75, 3.05) is 19.6 Å². The third-order valence-electron chi connectivity index (χ3n) is 8.67. The largest absolute Gasteiger partial charge is 0.477 e. The molecule has 0 spiro atoms. The zero-order valence-electron chi connectivity index (χ0n) is 28.2. The molecule has 2 aliphatic heterocycles. The van der Waals surface area contributed by atoms with Crippen molar-refractivity contribution < 1.29 is 20.1 Å². The molecule has 0 aliphatic carbocycles. The zero-order valence-corrected chi connectivity index (χ0v) is 30.6. The molecule has 51 heavy (non-hydrogen) atoms. The molecule has 7 aromatic rings. The van der Waals surface area contributed by atoms with Crippen molar-refractivity contribution in [2.45, 2.75) is 26.7 Å². The first-order chi connectivity index (χ1) is 24.7. The van der Waals surface area contributed by atoms with Crippen LogP contribution in [0.2, 0.25) is 0 Å². The van der Waals surface area contributed by atoms with Gasteiger partial charge in [-0.05, 0) is 48.4 Å². The van der Waals surface area contributed by atoms with E-state index in [9.17, 15) is 0 Å². The van der Waals surface area contributed by atoms with Crippen molar-refractivity contribution in [2.24, 2.45) is 0 Å². The smallest absolute Gasteiger partial charge is 0.146 e. The van der Waals surface area contributed by atoms with Crippen LogP contribution in [0.25, 0.3) is 11.0 Å². The Hall–Kier alpha value is -5.63. The Kier molecular flexibility index (Phi) is 10.0. The van der Waals surface area contributed by atoms with Gasteiger partial charge in [0.05, 0.1) is 11.0 Å². The summed E-state index contributed by atoms with van der Waals surface area (Å²) in [6, 6.07) is 47.4. The van der Waals surface area contributed by atoms with Gasteiger partial charge < -0.3 is 19.6 Å². The van der Waals surface area contributed by atoms with Gasteiger partial charge in [0.1, 0.15) is 23.3 Å². The molecule has 8 nitrogen and oxygen atoms in total.